The first-order chi connectivity index (χ1) is 16.1. The number of hydrogen-bond acceptors (Lipinski definition) is 5. The van der Waals surface area contributed by atoms with Crippen LogP contribution in [-0.2, 0) is 9.59 Å². The summed E-state index contributed by atoms with van der Waals surface area (Å²) in [7, 11) is 1.50. The number of benzene rings is 2. The molecular formula is C27H34N2O4. The second-order valence-corrected chi connectivity index (χ2v) is 7.74. The van der Waals surface area contributed by atoms with E-state index in [0.29, 0.717) is 23.5 Å². The van der Waals surface area contributed by atoms with Gasteiger partial charge in [0.1, 0.15) is 0 Å². The van der Waals surface area contributed by atoms with Crippen LogP contribution in [0.2, 0.25) is 0 Å². The van der Waals surface area contributed by atoms with Gasteiger partial charge in [-0.1, -0.05) is 75.8 Å². The van der Waals surface area contributed by atoms with Crippen molar-refractivity contribution in [3.05, 3.63) is 65.7 Å². The highest BCUT2D eigenvalue weighted by atomic mass is 16.6. The summed E-state index contributed by atoms with van der Waals surface area (Å²) in [4.78, 5) is 24.0. The van der Waals surface area contributed by atoms with Crippen molar-refractivity contribution in [1.29, 1.82) is 0 Å². The van der Waals surface area contributed by atoms with Crippen LogP contribution in [0.1, 0.15) is 69.4 Å². The monoisotopic (exact) mass is 450 g/mol. The van der Waals surface area contributed by atoms with Crippen LogP contribution < -0.4 is 14.9 Å². The van der Waals surface area contributed by atoms with Gasteiger partial charge < -0.3 is 9.47 Å². The number of unbranched alkanes of at least 4 members (excludes halogenated alkanes) is 6. The lowest BCUT2D eigenvalue weighted by molar-refractivity contribution is -0.129. The summed E-state index contributed by atoms with van der Waals surface area (Å²) in [5, 5.41) is 4.01. The molecule has 6 heteroatoms. The number of nitrogens with zero attached hydrogens (tertiary/aromatic N) is 1. The Balaban J connectivity index is 1.78. The van der Waals surface area contributed by atoms with E-state index in [-0.39, 0.29) is 5.91 Å². The fourth-order valence-corrected chi connectivity index (χ4v) is 3.20. The number of amides is 1. The molecule has 0 fully saturated rings. The highest BCUT2D eigenvalue weighted by molar-refractivity contribution is 5.89. The van der Waals surface area contributed by atoms with Crippen LogP contribution in [0, 0.1) is 0 Å². The first kappa shape index (κ1) is 25.8. The van der Waals surface area contributed by atoms with Crippen LogP contribution >= 0.6 is 0 Å². The van der Waals surface area contributed by atoms with Gasteiger partial charge in [-0.25, -0.2) is 10.2 Å². The van der Waals surface area contributed by atoms with Crippen LogP contribution in [0.3, 0.4) is 0 Å². The van der Waals surface area contributed by atoms with Gasteiger partial charge in [-0.05, 0) is 41.8 Å². The summed E-state index contributed by atoms with van der Waals surface area (Å²) in [6, 6.07) is 14.5. The van der Waals surface area contributed by atoms with Gasteiger partial charge >= 0.3 is 5.97 Å². The van der Waals surface area contributed by atoms with E-state index >= 15 is 0 Å². The molecule has 33 heavy (non-hydrogen) atoms. The number of rotatable bonds is 14. The molecule has 0 aromatic heterocycles. The number of methoxy groups -OCH3 is 1. The van der Waals surface area contributed by atoms with E-state index in [1.165, 1.54) is 51.5 Å². The highest BCUT2D eigenvalue weighted by Gasteiger charge is 2.09. The van der Waals surface area contributed by atoms with Crippen molar-refractivity contribution < 1.29 is 19.1 Å². The largest absolute Gasteiger partial charge is 0.493 e. The van der Waals surface area contributed by atoms with E-state index in [1.807, 2.05) is 30.3 Å². The molecular weight excluding hydrogens is 416 g/mol. The summed E-state index contributed by atoms with van der Waals surface area (Å²) in [5.74, 6) is 0.105. The number of ether oxygens (including phenoxy) is 2. The molecule has 0 radical (unpaired) electrons. The highest BCUT2D eigenvalue weighted by Crippen LogP contribution is 2.27. The van der Waals surface area contributed by atoms with E-state index in [1.54, 1.807) is 24.3 Å². The van der Waals surface area contributed by atoms with Crippen molar-refractivity contribution >= 4 is 24.2 Å². The quantitative estimate of drug-likeness (QED) is 0.0970. The zero-order chi connectivity index (χ0) is 23.7. The molecule has 0 aliphatic heterocycles. The summed E-state index contributed by atoms with van der Waals surface area (Å²) in [5.41, 5.74) is 4.17. The molecule has 2 aromatic carbocycles. The van der Waals surface area contributed by atoms with E-state index in [4.69, 9.17) is 9.47 Å². The van der Waals surface area contributed by atoms with E-state index in [2.05, 4.69) is 17.5 Å². The average Bonchev–Trinajstić information content (AvgIpc) is 2.83. The molecule has 0 aliphatic rings. The van der Waals surface area contributed by atoms with Crippen molar-refractivity contribution in [2.24, 2.45) is 5.10 Å². The summed E-state index contributed by atoms with van der Waals surface area (Å²) in [6.07, 6.45) is 13.2. The van der Waals surface area contributed by atoms with Crippen LogP contribution in [0.5, 0.6) is 11.5 Å². The van der Waals surface area contributed by atoms with Crippen LogP contribution in [0.25, 0.3) is 6.08 Å². The Morgan fingerprint density at radius 3 is 2.36 bits per heavy atom. The third-order valence-corrected chi connectivity index (χ3v) is 5.02. The molecule has 2 aromatic rings. The predicted octanol–water partition coefficient (Wildman–Crippen LogP) is 5.90. The van der Waals surface area contributed by atoms with E-state index < -0.39 is 5.97 Å². The van der Waals surface area contributed by atoms with Crippen molar-refractivity contribution in [2.45, 2.75) is 58.3 Å². The van der Waals surface area contributed by atoms with Gasteiger partial charge in [-0.3, -0.25) is 4.79 Å². The minimum atomic E-state index is -0.504. The van der Waals surface area contributed by atoms with Crippen molar-refractivity contribution in [3.63, 3.8) is 0 Å². The lowest BCUT2D eigenvalue weighted by Crippen LogP contribution is -2.16. The SMILES string of the molecule is CCCCCCCCCC(=O)N/N=C/c1ccc(OC(=O)/C=C/c2ccccc2)c(OC)c1. The average molecular weight is 451 g/mol. The molecule has 6 nitrogen and oxygen atoms in total. The fourth-order valence-electron chi connectivity index (χ4n) is 3.20. The Morgan fingerprint density at radius 2 is 1.64 bits per heavy atom. The lowest BCUT2D eigenvalue weighted by atomic mass is 10.1. The number of hydrogen-bond donors (Lipinski definition) is 1. The van der Waals surface area contributed by atoms with Gasteiger partial charge in [-0.15, -0.1) is 0 Å². The van der Waals surface area contributed by atoms with Crippen LogP contribution in [0.15, 0.2) is 59.7 Å². The normalized spacial score (nSPS) is 11.1. The number of carbonyl (C=O) groups is 2. The second-order valence-electron chi connectivity index (χ2n) is 7.74. The third-order valence-electron chi connectivity index (χ3n) is 5.02. The number of esters is 1. The third kappa shape index (κ3) is 10.6. The Kier molecular flexibility index (Phi) is 12.1. The molecule has 0 saturated carbocycles. The number of nitrogens with one attached hydrogen (secondary N) is 1. The van der Waals surface area contributed by atoms with E-state index in [0.717, 1.165) is 18.4 Å². The maximum atomic E-state index is 12.1. The fraction of sp³-hybridized carbons (Fsp3) is 0.370. The van der Waals surface area contributed by atoms with Gasteiger partial charge in [0.2, 0.25) is 5.91 Å². The molecule has 0 heterocycles. The Morgan fingerprint density at radius 1 is 0.909 bits per heavy atom. The second kappa shape index (κ2) is 15.4. The molecule has 0 saturated heterocycles. The molecule has 2 rings (SSSR count). The number of hydrazone groups is 1. The zero-order valence-corrected chi connectivity index (χ0v) is 19.6. The smallest absolute Gasteiger partial charge is 0.336 e. The molecule has 176 valence electrons. The Bertz CT molecular complexity index is 923. The first-order valence-electron chi connectivity index (χ1n) is 11.6. The summed E-state index contributed by atoms with van der Waals surface area (Å²) in [6.45, 7) is 2.20. The van der Waals surface area contributed by atoms with Gasteiger partial charge in [0.15, 0.2) is 11.5 Å². The molecule has 0 bridgehead atoms. The first-order valence-corrected chi connectivity index (χ1v) is 11.6. The lowest BCUT2D eigenvalue weighted by Gasteiger charge is -2.08. The predicted molar refractivity (Wildman–Crippen MR) is 132 cm³/mol. The van der Waals surface area contributed by atoms with Gasteiger partial charge in [0, 0.05) is 12.5 Å². The minimum absolute atomic E-state index is 0.0949. The minimum Gasteiger partial charge on any atom is -0.493 e. The standard InChI is InChI=1S/C27H34N2O4/c1-3-4-5-6-7-8-12-15-26(30)29-28-21-23-16-18-24(25(20-23)32-2)33-27(31)19-17-22-13-10-9-11-14-22/h9-11,13-14,16-21H,3-8,12,15H2,1-2H3,(H,29,30)/b19-17+,28-21+. The van der Waals surface area contributed by atoms with Crippen LogP contribution in [0.4, 0.5) is 0 Å². The Labute approximate surface area is 196 Å². The summed E-state index contributed by atoms with van der Waals surface area (Å²) < 4.78 is 10.7. The number of carbonyl (C=O) groups excluding carboxylic acids is 2. The summed E-state index contributed by atoms with van der Waals surface area (Å²) >= 11 is 0. The van der Waals surface area contributed by atoms with Crippen molar-refractivity contribution in [2.75, 3.05) is 7.11 Å². The topological polar surface area (TPSA) is 77.0 Å². The van der Waals surface area contributed by atoms with Gasteiger partial charge in [-0.2, -0.15) is 5.10 Å². The zero-order valence-electron chi connectivity index (χ0n) is 19.6. The van der Waals surface area contributed by atoms with Gasteiger partial charge in [0.25, 0.3) is 0 Å². The molecule has 1 amide bonds. The maximum absolute atomic E-state index is 12.1. The molecule has 0 unspecified atom stereocenters. The molecule has 0 aliphatic carbocycles. The van der Waals surface area contributed by atoms with E-state index in [9.17, 15) is 9.59 Å². The van der Waals surface area contributed by atoms with Crippen molar-refractivity contribution in [3.8, 4) is 11.5 Å². The molecule has 1 N–H and O–H groups in total. The van der Waals surface area contributed by atoms with Gasteiger partial charge in [0.05, 0.1) is 13.3 Å². The Hall–Kier alpha value is -3.41. The maximum Gasteiger partial charge on any atom is 0.336 e. The molecule has 0 atom stereocenters. The van der Waals surface area contributed by atoms with Crippen molar-refractivity contribution in [1.82, 2.24) is 5.43 Å². The van der Waals surface area contributed by atoms with Crippen LogP contribution in [-0.4, -0.2) is 25.2 Å². The molecule has 0 spiro atoms.